The first-order valence-corrected chi connectivity index (χ1v) is 9.24. The third-order valence-electron chi connectivity index (χ3n) is 4.74. The predicted molar refractivity (Wildman–Crippen MR) is 103 cm³/mol. The molecule has 7 heteroatoms. The van der Waals surface area contributed by atoms with Gasteiger partial charge in [0.05, 0.1) is 30.7 Å². The maximum Gasteiger partial charge on any atom is 0.307 e. The van der Waals surface area contributed by atoms with Crippen molar-refractivity contribution in [2.45, 2.75) is 31.9 Å². The van der Waals surface area contributed by atoms with E-state index in [0.717, 1.165) is 10.5 Å². The Labute approximate surface area is 168 Å². The number of amides is 2. The minimum Gasteiger partial charge on any atom is -0.469 e. The highest BCUT2D eigenvalue weighted by Gasteiger charge is 2.40. The van der Waals surface area contributed by atoms with E-state index < -0.39 is 29.8 Å². The maximum atomic E-state index is 12.7. The molecule has 2 aromatic rings. The lowest BCUT2D eigenvalue weighted by Crippen LogP contribution is -2.41. The zero-order chi connectivity index (χ0) is 20.8. The Kier molecular flexibility index (Phi) is 6.39. The molecular weight excluding hydrogens is 374 g/mol. The second-order valence-corrected chi connectivity index (χ2v) is 6.64. The van der Waals surface area contributed by atoms with Crippen LogP contribution in [0.4, 0.5) is 0 Å². The van der Waals surface area contributed by atoms with E-state index in [0.29, 0.717) is 11.1 Å². The fourth-order valence-corrected chi connectivity index (χ4v) is 3.23. The van der Waals surface area contributed by atoms with Crippen LogP contribution >= 0.6 is 0 Å². The van der Waals surface area contributed by atoms with Crippen LogP contribution in [-0.2, 0) is 25.7 Å². The van der Waals surface area contributed by atoms with Crippen LogP contribution < -0.4 is 0 Å². The van der Waals surface area contributed by atoms with Gasteiger partial charge in [0.2, 0.25) is 0 Å². The Morgan fingerprint density at radius 3 is 2.07 bits per heavy atom. The molecule has 150 valence electrons. The quantitative estimate of drug-likeness (QED) is 0.504. The number of esters is 2. The molecule has 1 unspecified atom stereocenters. The van der Waals surface area contributed by atoms with E-state index in [1.54, 1.807) is 24.3 Å². The Hall–Kier alpha value is -3.48. The molecule has 1 aliphatic heterocycles. The normalized spacial score (nSPS) is 13.8. The fourth-order valence-electron chi connectivity index (χ4n) is 3.23. The highest BCUT2D eigenvalue weighted by Crippen LogP contribution is 2.27. The van der Waals surface area contributed by atoms with Crippen molar-refractivity contribution in [2.24, 2.45) is 0 Å². The average molecular weight is 395 g/mol. The number of imide groups is 1. The SMILES string of the molecule is COC(=O)CC(CCC(=O)OCc1ccccc1)N1C(=O)c2ccccc2C1=O. The van der Waals surface area contributed by atoms with E-state index in [-0.39, 0.29) is 25.9 Å². The van der Waals surface area contributed by atoms with E-state index in [4.69, 9.17) is 9.47 Å². The Bertz CT molecular complexity index is 889. The molecule has 2 amide bonds. The molecule has 1 aliphatic rings. The summed E-state index contributed by atoms with van der Waals surface area (Å²) in [4.78, 5) is 50.4. The van der Waals surface area contributed by atoms with Crippen molar-refractivity contribution in [1.82, 2.24) is 4.90 Å². The van der Waals surface area contributed by atoms with Gasteiger partial charge in [-0.15, -0.1) is 0 Å². The molecule has 3 rings (SSSR count). The zero-order valence-corrected chi connectivity index (χ0v) is 16.0. The van der Waals surface area contributed by atoms with Crippen LogP contribution in [-0.4, -0.2) is 41.8 Å². The minimum absolute atomic E-state index is 0.0398. The summed E-state index contributed by atoms with van der Waals surface area (Å²) in [6, 6.07) is 14.9. The van der Waals surface area contributed by atoms with Gasteiger partial charge in [0.1, 0.15) is 6.61 Å². The number of nitrogens with zero attached hydrogens (tertiary/aromatic N) is 1. The number of hydrogen-bond donors (Lipinski definition) is 0. The van der Waals surface area contributed by atoms with Crippen molar-refractivity contribution < 1.29 is 28.7 Å². The predicted octanol–water partition coefficient (Wildman–Crippen LogP) is 2.74. The number of carbonyl (C=O) groups is 4. The average Bonchev–Trinajstić information content (AvgIpc) is 3.00. The second-order valence-electron chi connectivity index (χ2n) is 6.64. The van der Waals surface area contributed by atoms with Crippen molar-refractivity contribution >= 4 is 23.8 Å². The molecule has 2 aromatic carbocycles. The Morgan fingerprint density at radius 2 is 1.48 bits per heavy atom. The van der Waals surface area contributed by atoms with Crippen molar-refractivity contribution in [3.63, 3.8) is 0 Å². The van der Waals surface area contributed by atoms with Crippen LogP contribution in [0.1, 0.15) is 45.5 Å². The number of hydrogen-bond acceptors (Lipinski definition) is 6. The number of ether oxygens (including phenoxy) is 2. The van der Waals surface area contributed by atoms with Crippen molar-refractivity contribution in [3.05, 3.63) is 71.3 Å². The molecule has 7 nitrogen and oxygen atoms in total. The molecule has 0 radical (unpaired) electrons. The molecule has 1 atom stereocenters. The third-order valence-corrected chi connectivity index (χ3v) is 4.74. The fraction of sp³-hybridized carbons (Fsp3) is 0.273. The number of rotatable bonds is 8. The Morgan fingerprint density at radius 1 is 0.897 bits per heavy atom. The van der Waals surface area contributed by atoms with Crippen LogP contribution in [0.15, 0.2) is 54.6 Å². The van der Waals surface area contributed by atoms with Crippen LogP contribution in [0.25, 0.3) is 0 Å². The van der Waals surface area contributed by atoms with Gasteiger partial charge >= 0.3 is 11.9 Å². The molecule has 0 spiro atoms. The molecule has 0 aromatic heterocycles. The molecule has 0 saturated heterocycles. The van der Waals surface area contributed by atoms with Gasteiger partial charge in [-0.25, -0.2) is 0 Å². The van der Waals surface area contributed by atoms with Gasteiger partial charge in [-0.1, -0.05) is 42.5 Å². The lowest BCUT2D eigenvalue weighted by Gasteiger charge is -2.25. The zero-order valence-electron chi connectivity index (χ0n) is 16.0. The monoisotopic (exact) mass is 395 g/mol. The van der Waals surface area contributed by atoms with Gasteiger partial charge in [-0.05, 0) is 24.1 Å². The summed E-state index contributed by atoms with van der Waals surface area (Å²) in [5, 5.41) is 0. The van der Waals surface area contributed by atoms with Gasteiger partial charge < -0.3 is 9.47 Å². The summed E-state index contributed by atoms with van der Waals surface area (Å²) in [5.41, 5.74) is 1.44. The molecule has 0 N–H and O–H groups in total. The number of fused-ring (bicyclic) bond motifs is 1. The third kappa shape index (κ3) is 4.68. The molecule has 0 saturated carbocycles. The molecular formula is C22H21NO6. The molecule has 0 fully saturated rings. The van der Waals surface area contributed by atoms with Gasteiger partial charge in [-0.3, -0.25) is 24.1 Å². The van der Waals surface area contributed by atoms with E-state index in [1.165, 1.54) is 7.11 Å². The first-order valence-electron chi connectivity index (χ1n) is 9.24. The molecule has 0 bridgehead atoms. The van der Waals surface area contributed by atoms with E-state index in [1.807, 2.05) is 30.3 Å². The topological polar surface area (TPSA) is 90.0 Å². The maximum absolute atomic E-state index is 12.7. The lowest BCUT2D eigenvalue weighted by atomic mass is 10.1. The number of carbonyl (C=O) groups excluding carboxylic acids is 4. The summed E-state index contributed by atoms with van der Waals surface area (Å²) in [6.07, 6.45) is -0.121. The van der Waals surface area contributed by atoms with Crippen molar-refractivity contribution in [3.8, 4) is 0 Å². The van der Waals surface area contributed by atoms with E-state index >= 15 is 0 Å². The summed E-state index contributed by atoms with van der Waals surface area (Å²) < 4.78 is 9.94. The van der Waals surface area contributed by atoms with Crippen molar-refractivity contribution in [1.29, 1.82) is 0 Å². The van der Waals surface area contributed by atoms with Crippen LogP contribution in [0.5, 0.6) is 0 Å². The summed E-state index contributed by atoms with van der Waals surface area (Å²) in [7, 11) is 1.23. The summed E-state index contributed by atoms with van der Waals surface area (Å²) >= 11 is 0. The highest BCUT2D eigenvalue weighted by atomic mass is 16.5. The van der Waals surface area contributed by atoms with Crippen LogP contribution in [0.2, 0.25) is 0 Å². The largest absolute Gasteiger partial charge is 0.469 e. The lowest BCUT2D eigenvalue weighted by molar-refractivity contribution is -0.146. The molecule has 29 heavy (non-hydrogen) atoms. The summed E-state index contributed by atoms with van der Waals surface area (Å²) in [6.45, 7) is 0.133. The van der Waals surface area contributed by atoms with Crippen LogP contribution in [0.3, 0.4) is 0 Å². The standard InChI is InChI=1S/C22H21NO6/c1-28-20(25)13-16(11-12-19(24)29-14-15-7-3-2-4-8-15)23-21(26)17-9-5-6-10-18(17)22(23)27/h2-10,16H,11-14H2,1H3. The smallest absolute Gasteiger partial charge is 0.307 e. The van der Waals surface area contributed by atoms with E-state index in [9.17, 15) is 19.2 Å². The highest BCUT2D eigenvalue weighted by molar-refractivity contribution is 6.21. The second kappa shape index (κ2) is 9.14. The van der Waals surface area contributed by atoms with Gasteiger partial charge in [0.25, 0.3) is 11.8 Å². The first-order chi connectivity index (χ1) is 14.0. The van der Waals surface area contributed by atoms with Crippen LogP contribution in [0, 0.1) is 0 Å². The number of methoxy groups -OCH3 is 1. The number of benzene rings is 2. The van der Waals surface area contributed by atoms with Gasteiger partial charge in [-0.2, -0.15) is 0 Å². The first kappa shape index (κ1) is 20.3. The summed E-state index contributed by atoms with van der Waals surface area (Å²) in [5.74, 6) is -1.99. The van der Waals surface area contributed by atoms with E-state index in [2.05, 4.69) is 0 Å². The Balaban J connectivity index is 1.66. The van der Waals surface area contributed by atoms with Crippen molar-refractivity contribution in [2.75, 3.05) is 7.11 Å². The minimum atomic E-state index is -0.792. The van der Waals surface area contributed by atoms with Gasteiger partial charge in [0.15, 0.2) is 0 Å². The molecule has 0 aliphatic carbocycles. The van der Waals surface area contributed by atoms with Gasteiger partial charge in [0, 0.05) is 6.42 Å². The molecule has 1 heterocycles.